The number of H-pyrrole nitrogens is 1. The minimum atomic E-state index is -0.502. The fourth-order valence-corrected chi connectivity index (χ4v) is 3.25. The van der Waals surface area contributed by atoms with E-state index in [-0.39, 0.29) is 5.75 Å². The maximum atomic E-state index is 12.0. The van der Waals surface area contributed by atoms with Gasteiger partial charge in [0.05, 0.1) is 22.0 Å². The number of aromatic nitrogens is 2. The van der Waals surface area contributed by atoms with Gasteiger partial charge in [0.2, 0.25) is 0 Å². The van der Waals surface area contributed by atoms with Crippen LogP contribution < -0.4 is 5.73 Å². The molecule has 2 aromatic carbocycles. The summed E-state index contributed by atoms with van der Waals surface area (Å²) in [6.07, 6.45) is 1.74. The molecule has 0 radical (unpaired) electrons. The minimum Gasteiger partial charge on any atom is -0.508 e. The molecule has 0 spiro atoms. The molecule has 0 unspecified atom stereocenters. The molecule has 0 saturated carbocycles. The molecule has 1 heterocycles. The summed E-state index contributed by atoms with van der Waals surface area (Å²) in [6, 6.07) is 12.6. The number of rotatable bonds is 6. The molecule has 3 aromatic rings. The number of primary amides is 1. The van der Waals surface area contributed by atoms with E-state index < -0.39 is 5.91 Å². The molecule has 0 fully saturated rings. The van der Waals surface area contributed by atoms with E-state index in [1.807, 2.05) is 30.3 Å². The van der Waals surface area contributed by atoms with E-state index in [1.54, 1.807) is 12.1 Å². The number of phenolic OH excluding ortho intramolecular Hbond substituents is 1. The summed E-state index contributed by atoms with van der Waals surface area (Å²) < 4.78 is 0.817. The first-order valence-electron chi connectivity index (χ1n) is 8.02. The first-order chi connectivity index (χ1) is 12.4. The fourth-order valence-electron chi connectivity index (χ4n) is 2.80. The molecule has 26 heavy (non-hydrogen) atoms. The predicted octanol–water partition coefficient (Wildman–Crippen LogP) is 4.01. The van der Waals surface area contributed by atoms with Crippen LogP contribution in [0.5, 0.6) is 5.75 Å². The van der Waals surface area contributed by atoms with Gasteiger partial charge in [-0.2, -0.15) is 5.10 Å². The van der Waals surface area contributed by atoms with Gasteiger partial charge in [-0.3, -0.25) is 9.89 Å². The number of aromatic amines is 1. The summed E-state index contributed by atoms with van der Waals surface area (Å²) in [5, 5.41) is 17.2. The molecule has 3 rings (SSSR count). The van der Waals surface area contributed by atoms with Crippen LogP contribution in [0.3, 0.4) is 0 Å². The maximum Gasteiger partial charge on any atom is 0.252 e. The van der Waals surface area contributed by atoms with Crippen LogP contribution in [0.25, 0.3) is 0 Å². The van der Waals surface area contributed by atoms with Crippen molar-refractivity contribution < 1.29 is 9.90 Å². The van der Waals surface area contributed by atoms with Crippen LogP contribution in [0.2, 0.25) is 5.02 Å². The number of nitrogens with zero attached hydrogens (tertiary/aromatic N) is 1. The fraction of sp³-hybridized carbons (Fsp3) is 0.158. The molecule has 1 aromatic heterocycles. The Labute approximate surface area is 164 Å². The van der Waals surface area contributed by atoms with Crippen molar-refractivity contribution in [2.75, 3.05) is 0 Å². The average molecular weight is 435 g/mol. The summed E-state index contributed by atoms with van der Waals surface area (Å²) in [5.41, 5.74) is 9.34. The van der Waals surface area contributed by atoms with Gasteiger partial charge in [-0.25, -0.2) is 0 Å². The molecule has 0 saturated heterocycles. The van der Waals surface area contributed by atoms with Gasteiger partial charge in [0.1, 0.15) is 5.75 Å². The second kappa shape index (κ2) is 7.93. The summed E-state index contributed by atoms with van der Waals surface area (Å²) >= 11 is 9.50. The van der Waals surface area contributed by atoms with Gasteiger partial charge in [0, 0.05) is 10.9 Å². The summed E-state index contributed by atoms with van der Waals surface area (Å²) in [4.78, 5) is 12.0. The Hall–Kier alpha value is -2.31. The zero-order chi connectivity index (χ0) is 18.7. The van der Waals surface area contributed by atoms with Gasteiger partial charge in [-0.1, -0.05) is 29.8 Å². The van der Waals surface area contributed by atoms with E-state index in [0.717, 1.165) is 15.6 Å². The zero-order valence-electron chi connectivity index (χ0n) is 13.8. The first kappa shape index (κ1) is 18.5. The number of hydrogen-bond donors (Lipinski definition) is 3. The number of amides is 1. The Bertz CT molecular complexity index is 938. The van der Waals surface area contributed by atoms with E-state index in [2.05, 4.69) is 26.1 Å². The lowest BCUT2D eigenvalue weighted by molar-refractivity contribution is 0.0998. The standard InChI is InChI=1S/C19H17BrClN3O2/c20-14-7-3-12(9-15(14)21)10-17-18(19(22)26)16(23-24-17)8-4-11-1-5-13(25)6-2-11/h1-3,5-7,9,25H,4,8,10H2,(H2,22,26)(H,23,24). The van der Waals surface area contributed by atoms with Crippen LogP contribution in [-0.4, -0.2) is 21.2 Å². The molecule has 5 nitrogen and oxygen atoms in total. The highest BCUT2D eigenvalue weighted by atomic mass is 79.9. The van der Waals surface area contributed by atoms with Crippen molar-refractivity contribution in [2.45, 2.75) is 19.3 Å². The Kier molecular flexibility index (Phi) is 5.64. The molecule has 7 heteroatoms. The van der Waals surface area contributed by atoms with E-state index in [9.17, 15) is 9.90 Å². The van der Waals surface area contributed by atoms with Crippen molar-refractivity contribution >= 4 is 33.4 Å². The van der Waals surface area contributed by atoms with Gasteiger partial charge in [-0.15, -0.1) is 0 Å². The van der Waals surface area contributed by atoms with Gasteiger partial charge in [0.25, 0.3) is 5.91 Å². The maximum absolute atomic E-state index is 12.0. The topological polar surface area (TPSA) is 92.0 Å². The van der Waals surface area contributed by atoms with Gasteiger partial charge < -0.3 is 10.8 Å². The van der Waals surface area contributed by atoms with Gasteiger partial charge in [-0.05, 0) is 64.2 Å². The molecule has 0 bridgehead atoms. The van der Waals surface area contributed by atoms with Crippen LogP contribution in [0.4, 0.5) is 0 Å². The van der Waals surface area contributed by atoms with Crippen molar-refractivity contribution in [3.05, 3.63) is 80.0 Å². The highest BCUT2D eigenvalue weighted by Gasteiger charge is 2.18. The third-order valence-electron chi connectivity index (χ3n) is 4.11. The Balaban J connectivity index is 1.80. The van der Waals surface area contributed by atoms with E-state index in [4.69, 9.17) is 17.3 Å². The lowest BCUT2D eigenvalue weighted by Crippen LogP contribution is -2.15. The predicted molar refractivity (Wildman–Crippen MR) is 105 cm³/mol. The Morgan fingerprint density at radius 3 is 2.50 bits per heavy atom. The van der Waals surface area contributed by atoms with Crippen molar-refractivity contribution in [3.8, 4) is 5.75 Å². The highest BCUT2D eigenvalue weighted by Crippen LogP contribution is 2.25. The van der Waals surface area contributed by atoms with Crippen LogP contribution in [0.1, 0.15) is 32.9 Å². The van der Waals surface area contributed by atoms with Gasteiger partial charge in [0.15, 0.2) is 0 Å². The zero-order valence-corrected chi connectivity index (χ0v) is 16.1. The largest absolute Gasteiger partial charge is 0.508 e. The normalized spacial score (nSPS) is 10.8. The van der Waals surface area contributed by atoms with Crippen LogP contribution in [0.15, 0.2) is 46.9 Å². The second-order valence-electron chi connectivity index (χ2n) is 5.98. The molecule has 0 aliphatic heterocycles. The van der Waals surface area contributed by atoms with E-state index in [0.29, 0.717) is 41.2 Å². The molecular formula is C19H17BrClN3O2. The lowest BCUT2D eigenvalue weighted by atomic mass is 10.0. The number of carbonyl (C=O) groups excluding carboxylic acids is 1. The van der Waals surface area contributed by atoms with Crippen LogP contribution in [-0.2, 0) is 19.3 Å². The molecule has 134 valence electrons. The number of nitrogens with two attached hydrogens (primary N) is 1. The smallest absolute Gasteiger partial charge is 0.252 e. The van der Waals surface area contributed by atoms with Crippen molar-refractivity contribution in [1.29, 1.82) is 0 Å². The van der Waals surface area contributed by atoms with Crippen LogP contribution >= 0.6 is 27.5 Å². The number of aryl methyl sites for hydroxylation is 2. The highest BCUT2D eigenvalue weighted by molar-refractivity contribution is 9.10. The Morgan fingerprint density at radius 2 is 1.85 bits per heavy atom. The van der Waals surface area contributed by atoms with Crippen molar-refractivity contribution in [3.63, 3.8) is 0 Å². The first-order valence-corrected chi connectivity index (χ1v) is 9.19. The molecule has 0 aliphatic rings. The van der Waals surface area contributed by atoms with E-state index >= 15 is 0 Å². The number of phenols is 1. The van der Waals surface area contributed by atoms with E-state index in [1.165, 1.54) is 0 Å². The number of halogens is 2. The Morgan fingerprint density at radius 1 is 1.15 bits per heavy atom. The monoisotopic (exact) mass is 433 g/mol. The molecule has 0 atom stereocenters. The lowest BCUT2D eigenvalue weighted by Gasteiger charge is -2.05. The molecule has 1 amide bonds. The SMILES string of the molecule is NC(=O)c1c(CCc2ccc(O)cc2)n[nH]c1Cc1ccc(Br)c(Cl)c1. The summed E-state index contributed by atoms with van der Waals surface area (Å²) in [7, 11) is 0. The number of hydrogen-bond acceptors (Lipinski definition) is 3. The number of nitrogens with one attached hydrogen (secondary N) is 1. The number of aromatic hydroxyl groups is 1. The van der Waals surface area contributed by atoms with Gasteiger partial charge >= 0.3 is 0 Å². The molecule has 0 aliphatic carbocycles. The molecule has 4 N–H and O–H groups in total. The number of benzene rings is 2. The molecular weight excluding hydrogens is 418 g/mol. The number of carbonyl (C=O) groups is 1. The second-order valence-corrected chi connectivity index (χ2v) is 7.24. The van der Waals surface area contributed by atoms with Crippen molar-refractivity contribution in [1.82, 2.24) is 10.2 Å². The summed E-state index contributed by atoms with van der Waals surface area (Å²) in [5.74, 6) is -0.278. The third kappa shape index (κ3) is 4.26. The quantitative estimate of drug-likeness (QED) is 0.547. The minimum absolute atomic E-state index is 0.224. The van der Waals surface area contributed by atoms with Crippen LogP contribution in [0, 0.1) is 0 Å². The summed E-state index contributed by atoms with van der Waals surface area (Å²) in [6.45, 7) is 0. The van der Waals surface area contributed by atoms with Crippen molar-refractivity contribution in [2.24, 2.45) is 5.73 Å². The average Bonchev–Trinajstić information content (AvgIpc) is 3.00. The third-order valence-corrected chi connectivity index (χ3v) is 5.35.